The first-order valence-electron chi connectivity index (χ1n) is 12.0. The number of rotatable bonds is 7. The molecule has 37 heavy (non-hydrogen) atoms. The van der Waals surface area contributed by atoms with E-state index < -0.39 is 18.6 Å². The van der Waals surface area contributed by atoms with Crippen molar-refractivity contribution in [3.05, 3.63) is 72.5 Å². The number of piperazine rings is 1. The van der Waals surface area contributed by atoms with Gasteiger partial charge in [-0.2, -0.15) is 13.2 Å². The number of nitrogens with zero attached hydrogens (tertiary/aromatic N) is 3. The summed E-state index contributed by atoms with van der Waals surface area (Å²) in [6.07, 6.45) is -3.53. The summed E-state index contributed by atoms with van der Waals surface area (Å²) >= 11 is 0. The minimum Gasteiger partial charge on any atom is -0.482 e. The van der Waals surface area contributed by atoms with Crippen molar-refractivity contribution in [2.24, 2.45) is 0 Å². The second-order valence-electron chi connectivity index (χ2n) is 8.89. The maximum absolute atomic E-state index is 13.9. The molecular weight excluding hydrogens is 510 g/mol. The molecule has 0 radical (unpaired) electrons. The van der Waals surface area contributed by atoms with Gasteiger partial charge in [-0.1, -0.05) is 24.3 Å². The predicted octanol–water partition coefficient (Wildman–Crippen LogP) is 6.64. The van der Waals surface area contributed by atoms with E-state index in [0.29, 0.717) is 18.8 Å². The molecule has 2 aliphatic heterocycles. The Balaban J connectivity index is 0.00000320. The molecule has 3 aromatic carbocycles. The number of ether oxygens (including phenoxy) is 2. The van der Waals surface area contributed by atoms with Crippen molar-refractivity contribution < 1.29 is 27.0 Å². The van der Waals surface area contributed by atoms with Crippen LogP contribution in [0.2, 0.25) is 0 Å². The van der Waals surface area contributed by atoms with Gasteiger partial charge < -0.3 is 19.3 Å². The van der Waals surface area contributed by atoms with E-state index in [2.05, 4.69) is 21.9 Å². The largest absolute Gasteiger partial charge is 0.482 e. The second-order valence-corrected chi connectivity index (χ2v) is 8.89. The highest BCUT2D eigenvalue weighted by Crippen LogP contribution is 2.46. The number of benzene rings is 3. The molecule has 0 atom stereocenters. The molecule has 0 saturated carbocycles. The van der Waals surface area contributed by atoms with Gasteiger partial charge in [0.05, 0.1) is 17.1 Å². The summed E-state index contributed by atoms with van der Waals surface area (Å²) in [5.74, 6) is 1.22. The lowest BCUT2D eigenvalue weighted by Gasteiger charge is -2.37. The zero-order chi connectivity index (χ0) is 25.1. The number of para-hydroxylation sites is 4. The highest BCUT2D eigenvalue weighted by atomic mass is 35.5. The molecule has 1 fully saturated rings. The quantitative estimate of drug-likeness (QED) is 0.315. The highest BCUT2D eigenvalue weighted by Gasteiger charge is 2.30. The topological polar surface area (TPSA) is 28.2 Å². The molecule has 1 saturated heterocycles. The number of fused-ring (bicyclic) bond motifs is 2. The average molecular weight is 538 g/mol. The molecule has 10 heteroatoms. The zero-order valence-electron chi connectivity index (χ0n) is 20.1. The summed E-state index contributed by atoms with van der Waals surface area (Å²) in [4.78, 5) is 6.49. The van der Waals surface area contributed by atoms with Crippen molar-refractivity contribution >= 4 is 29.5 Å². The van der Waals surface area contributed by atoms with Crippen LogP contribution in [0, 0.1) is 5.82 Å². The van der Waals surface area contributed by atoms with Crippen molar-refractivity contribution in [1.29, 1.82) is 0 Å². The Morgan fingerprint density at radius 3 is 2.03 bits per heavy atom. The van der Waals surface area contributed by atoms with Crippen molar-refractivity contribution in [3.63, 3.8) is 0 Å². The van der Waals surface area contributed by atoms with Gasteiger partial charge in [0, 0.05) is 38.8 Å². The van der Waals surface area contributed by atoms with E-state index in [1.807, 2.05) is 41.3 Å². The van der Waals surface area contributed by atoms with E-state index in [4.69, 9.17) is 9.47 Å². The summed E-state index contributed by atoms with van der Waals surface area (Å²) in [5.41, 5.74) is 2.44. The maximum Gasteiger partial charge on any atom is 0.422 e. The fraction of sp³-hybridized carbons (Fsp3) is 0.333. The van der Waals surface area contributed by atoms with Gasteiger partial charge >= 0.3 is 6.18 Å². The summed E-state index contributed by atoms with van der Waals surface area (Å²) in [7, 11) is 0. The molecule has 2 heterocycles. The van der Waals surface area contributed by atoms with Crippen LogP contribution in [0.5, 0.6) is 17.2 Å². The lowest BCUT2D eigenvalue weighted by Crippen LogP contribution is -2.47. The van der Waals surface area contributed by atoms with Crippen LogP contribution in [0.3, 0.4) is 0 Å². The fourth-order valence-electron chi connectivity index (χ4n) is 4.71. The van der Waals surface area contributed by atoms with Gasteiger partial charge in [0.1, 0.15) is 11.6 Å². The van der Waals surface area contributed by atoms with E-state index in [-0.39, 0.29) is 18.2 Å². The van der Waals surface area contributed by atoms with Gasteiger partial charge in [0.25, 0.3) is 0 Å². The smallest absolute Gasteiger partial charge is 0.422 e. The molecule has 0 aliphatic carbocycles. The minimum absolute atomic E-state index is 0. The lowest BCUT2D eigenvalue weighted by molar-refractivity contribution is -0.153. The van der Waals surface area contributed by atoms with Crippen LogP contribution in [-0.2, 0) is 0 Å². The van der Waals surface area contributed by atoms with E-state index >= 15 is 0 Å². The third-order valence-electron chi connectivity index (χ3n) is 6.41. The van der Waals surface area contributed by atoms with E-state index in [0.717, 1.165) is 61.5 Å². The van der Waals surface area contributed by atoms with E-state index in [9.17, 15) is 17.6 Å². The van der Waals surface area contributed by atoms with Crippen molar-refractivity contribution in [3.8, 4) is 17.2 Å². The van der Waals surface area contributed by atoms with Crippen molar-refractivity contribution in [2.75, 3.05) is 55.7 Å². The van der Waals surface area contributed by atoms with Gasteiger partial charge in [-0.3, -0.25) is 4.90 Å². The van der Waals surface area contributed by atoms with Crippen LogP contribution in [0.15, 0.2) is 66.7 Å². The van der Waals surface area contributed by atoms with Gasteiger partial charge in [-0.15, -0.1) is 12.4 Å². The van der Waals surface area contributed by atoms with E-state index in [1.54, 1.807) is 0 Å². The first-order valence-corrected chi connectivity index (χ1v) is 12.0. The molecule has 0 aromatic heterocycles. The van der Waals surface area contributed by atoms with Gasteiger partial charge in [-0.25, -0.2) is 4.39 Å². The van der Waals surface area contributed by atoms with Gasteiger partial charge in [0.15, 0.2) is 18.1 Å². The first-order chi connectivity index (χ1) is 17.4. The van der Waals surface area contributed by atoms with Crippen molar-refractivity contribution in [2.45, 2.75) is 12.6 Å². The number of halogens is 5. The third-order valence-corrected chi connectivity index (χ3v) is 6.41. The Labute approximate surface area is 219 Å². The molecule has 0 amide bonds. The Bertz CT molecular complexity index is 1160. The normalized spacial score (nSPS) is 15.4. The number of alkyl halides is 3. The molecule has 5 rings (SSSR count). The summed E-state index contributed by atoms with van der Waals surface area (Å²) in [6.45, 7) is 2.90. The van der Waals surface area contributed by atoms with Crippen LogP contribution >= 0.6 is 12.4 Å². The Morgan fingerprint density at radius 2 is 1.41 bits per heavy atom. The number of hydrogen-bond donors (Lipinski definition) is 0. The first kappa shape index (κ1) is 26.9. The minimum atomic E-state index is -4.45. The highest BCUT2D eigenvalue weighted by molar-refractivity contribution is 5.85. The van der Waals surface area contributed by atoms with Gasteiger partial charge in [-0.05, 0) is 49.4 Å². The molecule has 0 unspecified atom stereocenters. The molecule has 0 bridgehead atoms. The van der Waals surface area contributed by atoms with Crippen LogP contribution < -0.4 is 19.3 Å². The second kappa shape index (κ2) is 11.5. The Kier molecular flexibility index (Phi) is 8.34. The summed E-state index contributed by atoms with van der Waals surface area (Å²) in [6, 6.07) is 19.6. The summed E-state index contributed by atoms with van der Waals surface area (Å²) in [5, 5.41) is 0. The Morgan fingerprint density at radius 1 is 0.784 bits per heavy atom. The van der Waals surface area contributed by atoms with Crippen LogP contribution in [-0.4, -0.2) is 57.0 Å². The maximum atomic E-state index is 13.9. The number of anilines is 3. The Hall–Kier alpha value is -3.17. The molecule has 0 spiro atoms. The van der Waals surface area contributed by atoms with Crippen molar-refractivity contribution in [1.82, 2.24) is 4.90 Å². The molecule has 198 valence electrons. The zero-order valence-corrected chi connectivity index (χ0v) is 20.9. The van der Waals surface area contributed by atoms with E-state index in [1.165, 1.54) is 12.1 Å². The SMILES string of the molecule is Cl.Fc1ccc(OCC(F)(F)F)c(N2CCN(CCCN3c4ccccc4Oc4ccccc43)CC2)c1. The van der Waals surface area contributed by atoms with Crippen LogP contribution in [0.1, 0.15) is 6.42 Å². The third kappa shape index (κ3) is 6.40. The monoisotopic (exact) mass is 537 g/mol. The summed E-state index contributed by atoms with van der Waals surface area (Å²) < 4.78 is 62.8. The predicted molar refractivity (Wildman–Crippen MR) is 138 cm³/mol. The average Bonchev–Trinajstić information content (AvgIpc) is 2.87. The molecule has 2 aliphatic rings. The standard InChI is InChI=1S/C27H27F4N3O2.ClH/c28-20-10-11-24(35-19-27(29,30)31)23(18-20)33-16-14-32(15-17-33)12-5-13-34-21-6-1-3-8-25(21)36-26-9-4-2-7-22(26)34;/h1-4,6-11,18H,5,12-17,19H2;1H. The molecule has 5 nitrogen and oxygen atoms in total. The fourth-order valence-corrected chi connectivity index (χ4v) is 4.71. The molecule has 3 aromatic rings. The van der Waals surface area contributed by atoms with Gasteiger partial charge in [0.2, 0.25) is 0 Å². The molecular formula is C27H28ClF4N3O2. The molecule has 0 N–H and O–H groups in total. The van der Waals surface area contributed by atoms with Crippen LogP contribution in [0.25, 0.3) is 0 Å². The number of hydrogen-bond acceptors (Lipinski definition) is 5. The lowest BCUT2D eigenvalue weighted by atomic mass is 10.1. The van der Waals surface area contributed by atoms with Crippen LogP contribution in [0.4, 0.5) is 34.6 Å².